The van der Waals surface area contributed by atoms with E-state index < -0.39 is 17.7 Å². The first kappa shape index (κ1) is 22.8. The molecule has 4 aromatic carbocycles. The zero-order valence-electron chi connectivity index (χ0n) is 19.8. The van der Waals surface area contributed by atoms with Gasteiger partial charge in [0, 0.05) is 17.2 Å². The first-order valence-corrected chi connectivity index (χ1v) is 12.5. The van der Waals surface area contributed by atoms with E-state index in [9.17, 15) is 13.9 Å². The van der Waals surface area contributed by atoms with E-state index in [-0.39, 0.29) is 11.5 Å². The highest BCUT2D eigenvalue weighted by Crippen LogP contribution is 2.49. The number of rotatable bonds is 5. The number of fused-ring (bicyclic) bond motifs is 5. The van der Waals surface area contributed by atoms with Crippen molar-refractivity contribution in [1.82, 2.24) is 5.32 Å². The van der Waals surface area contributed by atoms with Crippen LogP contribution in [-0.4, -0.2) is 24.3 Å². The van der Waals surface area contributed by atoms with Gasteiger partial charge in [-0.25, -0.2) is 4.39 Å². The molecule has 0 amide bonds. The van der Waals surface area contributed by atoms with Crippen LogP contribution in [0.25, 0.3) is 21.9 Å². The number of halogens is 2. The van der Waals surface area contributed by atoms with Crippen LogP contribution >= 0.6 is 0 Å². The van der Waals surface area contributed by atoms with Crippen molar-refractivity contribution in [2.45, 2.75) is 37.8 Å². The van der Waals surface area contributed by atoms with Crippen molar-refractivity contribution in [1.29, 1.82) is 0 Å². The molecule has 1 saturated heterocycles. The Bertz CT molecular complexity index is 1410. The van der Waals surface area contributed by atoms with E-state index in [2.05, 4.69) is 5.32 Å². The molecular formula is C30H27F2NO3. The summed E-state index contributed by atoms with van der Waals surface area (Å²) < 4.78 is 41.1. The minimum absolute atomic E-state index is 0.0917. The number of nitrogens with one attached hydrogen (secondary N) is 1. The molecule has 2 atom stereocenters. The van der Waals surface area contributed by atoms with Crippen LogP contribution < -0.4 is 14.8 Å². The van der Waals surface area contributed by atoms with Crippen LogP contribution in [0.4, 0.5) is 8.78 Å². The molecule has 0 radical (unpaired) electrons. The summed E-state index contributed by atoms with van der Waals surface area (Å²) in [6.07, 6.45) is 3.99. The van der Waals surface area contributed by atoms with Gasteiger partial charge in [0.15, 0.2) is 17.7 Å². The van der Waals surface area contributed by atoms with Crippen LogP contribution in [0.5, 0.6) is 17.2 Å². The average Bonchev–Trinajstić information content (AvgIpc) is 2.91. The van der Waals surface area contributed by atoms with Gasteiger partial charge < -0.3 is 19.9 Å². The summed E-state index contributed by atoms with van der Waals surface area (Å²) in [4.78, 5) is 0. The molecule has 0 spiro atoms. The van der Waals surface area contributed by atoms with Crippen molar-refractivity contribution in [3.8, 4) is 28.4 Å². The number of piperidine rings is 1. The SMILES string of the molecule is Oc1ccc2c3c(ccc2c1)-c1ccc(F)c(F)c1OC3c1ccc(OCCC2CCCCN2)cc1. The van der Waals surface area contributed by atoms with Gasteiger partial charge in [0.05, 0.1) is 6.61 Å². The highest BCUT2D eigenvalue weighted by Gasteiger charge is 2.32. The molecular weight excluding hydrogens is 460 g/mol. The van der Waals surface area contributed by atoms with Crippen LogP contribution in [0.2, 0.25) is 0 Å². The lowest BCUT2D eigenvalue weighted by molar-refractivity contribution is 0.229. The third-order valence-corrected chi connectivity index (χ3v) is 7.21. The van der Waals surface area contributed by atoms with Gasteiger partial charge in [0.2, 0.25) is 5.82 Å². The molecule has 0 aromatic heterocycles. The molecule has 2 unspecified atom stereocenters. The van der Waals surface area contributed by atoms with Gasteiger partial charge in [-0.2, -0.15) is 4.39 Å². The van der Waals surface area contributed by atoms with Gasteiger partial charge in [0.25, 0.3) is 0 Å². The van der Waals surface area contributed by atoms with Crippen molar-refractivity contribution in [3.05, 3.63) is 89.5 Å². The van der Waals surface area contributed by atoms with E-state index in [1.807, 2.05) is 42.5 Å². The Morgan fingerprint density at radius 2 is 1.78 bits per heavy atom. The van der Waals surface area contributed by atoms with Crippen molar-refractivity contribution in [2.24, 2.45) is 0 Å². The van der Waals surface area contributed by atoms with Crippen molar-refractivity contribution in [3.63, 3.8) is 0 Å². The molecule has 2 heterocycles. The molecule has 2 aliphatic heterocycles. The maximum atomic E-state index is 14.8. The lowest BCUT2D eigenvalue weighted by Crippen LogP contribution is -2.35. The predicted molar refractivity (Wildman–Crippen MR) is 136 cm³/mol. The van der Waals surface area contributed by atoms with Gasteiger partial charge >= 0.3 is 0 Å². The maximum absolute atomic E-state index is 14.8. The van der Waals surface area contributed by atoms with Crippen molar-refractivity contribution < 1.29 is 23.4 Å². The summed E-state index contributed by atoms with van der Waals surface area (Å²) in [6.45, 7) is 1.70. The molecule has 2 aliphatic rings. The smallest absolute Gasteiger partial charge is 0.201 e. The second kappa shape index (κ2) is 9.43. The largest absolute Gasteiger partial charge is 0.508 e. The average molecular weight is 488 g/mol. The first-order chi connectivity index (χ1) is 17.6. The van der Waals surface area contributed by atoms with Gasteiger partial charge in [0.1, 0.15) is 11.5 Å². The van der Waals surface area contributed by atoms with E-state index >= 15 is 0 Å². The van der Waals surface area contributed by atoms with Gasteiger partial charge in [-0.05, 0) is 84.1 Å². The van der Waals surface area contributed by atoms with Gasteiger partial charge in [-0.3, -0.25) is 0 Å². The molecule has 2 N–H and O–H groups in total. The Morgan fingerprint density at radius 1 is 0.944 bits per heavy atom. The zero-order chi connectivity index (χ0) is 24.6. The molecule has 6 rings (SSSR count). The minimum atomic E-state index is -0.995. The number of aromatic hydroxyl groups is 1. The second-order valence-electron chi connectivity index (χ2n) is 9.52. The molecule has 0 saturated carbocycles. The lowest BCUT2D eigenvalue weighted by atomic mass is 9.86. The molecule has 6 heteroatoms. The number of hydrogen-bond donors (Lipinski definition) is 2. The maximum Gasteiger partial charge on any atom is 0.201 e. The molecule has 184 valence electrons. The molecule has 0 aliphatic carbocycles. The molecule has 4 nitrogen and oxygen atoms in total. The Balaban J connectivity index is 1.34. The van der Waals surface area contributed by atoms with E-state index in [1.165, 1.54) is 19.3 Å². The Labute approximate surface area is 208 Å². The third-order valence-electron chi connectivity index (χ3n) is 7.21. The van der Waals surface area contributed by atoms with Gasteiger partial charge in [-0.1, -0.05) is 36.8 Å². The zero-order valence-corrected chi connectivity index (χ0v) is 19.8. The highest BCUT2D eigenvalue weighted by molar-refractivity contribution is 5.95. The third kappa shape index (κ3) is 4.16. The first-order valence-electron chi connectivity index (χ1n) is 12.5. The fourth-order valence-corrected chi connectivity index (χ4v) is 5.36. The fourth-order valence-electron chi connectivity index (χ4n) is 5.36. The number of hydrogen-bond acceptors (Lipinski definition) is 4. The van der Waals surface area contributed by atoms with E-state index in [0.717, 1.165) is 52.2 Å². The topological polar surface area (TPSA) is 50.7 Å². The quantitative estimate of drug-likeness (QED) is 0.322. The molecule has 1 fully saturated rings. The summed E-state index contributed by atoms with van der Waals surface area (Å²) in [5.74, 6) is -1.12. The standard InChI is InChI=1S/C30H27F2NO3/c31-26-13-12-25-24-10-6-19-17-21(34)7-11-23(19)27(24)29(36-30(25)28(26)32)18-4-8-22(9-5-18)35-16-14-20-3-1-2-15-33-20/h4-13,17,20,29,33-34H,1-3,14-16H2. The van der Waals surface area contributed by atoms with E-state index in [1.54, 1.807) is 18.2 Å². The van der Waals surface area contributed by atoms with Crippen LogP contribution in [0.3, 0.4) is 0 Å². The number of benzene rings is 4. The van der Waals surface area contributed by atoms with Crippen LogP contribution in [0, 0.1) is 11.6 Å². The monoisotopic (exact) mass is 487 g/mol. The summed E-state index contributed by atoms with van der Waals surface area (Å²) in [6, 6.07) is 19.7. The molecule has 4 aromatic rings. The molecule has 0 bridgehead atoms. The van der Waals surface area contributed by atoms with Crippen LogP contribution in [-0.2, 0) is 0 Å². The second-order valence-corrected chi connectivity index (χ2v) is 9.52. The molecule has 36 heavy (non-hydrogen) atoms. The minimum Gasteiger partial charge on any atom is -0.508 e. The number of ether oxygens (including phenoxy) is 2. The van der Waals surface area contributed by atoms with Crippen molar-refractivity contribution in [2.75, 3.05) is 13.2 Å². The predicted octanol–water partition coefficient (Wildman–Crippen LogP) is 6.88. The summed E-state index contributed by atoms with van der Waals surface area (Å²) in [7, 11) is 0. The van der Waals surface area contributed by atoms with Crippen molar-refractivity contribution >= 4 is 10.8 Å². The van der Waals surface area contributed by atoms with Crippen LogP contribution in [0.1, 0.15) is 42.9 Å². The Kier molecular flexibility index (Phi) is 5.97. The summed E-state index contributed by atoms with van der Waals surface area (Å²) in [5, 5.41) is 15.2. The van der Waals surface area contributed by atoms with Crippen LogP contribution in [0.15, 0.2) is 66.7 Å². The van der Waals surface area contributed by atoms with E-state index in [0.29, 0.717) is 18.2 Å². The summed E-state index contributed by atoms with van der Waals surface area (Å²) in [5.41, 5.74) is 2.93. The number of phenolic OH excluding ortho intramolecular Hbond substituents is 1. The Hall–Kier alpha value is -3.64. The Morgan fingerprint density at radius 3 is 2.58 bits per heavy atom. The van der Waals surface area contributed by atoms with Gasteiger partial charge in [-0.15, -0.1) is 0 Å². The normalized spacial score (nSPS) is 18.8. The highest BCUT2D eigenvalue weighted by atomic mass is 19.2. The lowest BCUT2D eigenvalue weighted by Gasteiger charge is -2.31. The fraction of sp³-hybridized carbons (Fsp3) is 0.267. The summed E-state index contributed by atoms with van der Waals surface area (Å²) >= 11 is 0. The number of phenols is 1. The van der Waals surface area contributed by atoms with E-state index in [4.69, 9.17) is 9.47 Å².